The number of carbonyl (C=O) groups excluding carboxylic acids is 1. The van der Waals surface area contributed by atoms with Crippen LogP contribution in [0.15, 0.2) is 47.3 Å². The molecule has 4 rings (SSSR count). The lowest BCUT2D eigenvalue weighted by Gasteiger charge is -2.21. The van der Waals surface area contributed by atoms with Gasteiger partial charge in [0, 0.05) is 11.9 Å². The van der Waals surface area contributed by atoms with Crippen molar-refractivity contribution >= 4 is 16.7 Å². The third kappa shape index (κ3) is 3.87. The molecule has 7 nitrogen and oxygen atoms in total. The van der Waals surface area contributed by atoms with E-state index in [-0.39, 0.29) is 23.2 Å². The van der Waals surface area contributed by atoms with Crippen LogP contribution in [0.25, 0.3) is 10.8 Å². The Kier molecular flexibility index (Phi) is 5.70. The fraction of sp³-hybridized carbons (Fsp3) is 0.348. The minimum absolute atomic E-state index is 0.171. The van der Waals surface area contributed by atoms with Gasteiger partial charge >= 0.3 is 0 Å². The summed E-state index contributed by atoms with van der Waals surface area (Å²) in [5.41, 5.74) is 0.984. The van der Waals surface area contributed by atoms with E-state index < -0.39 is 0 Å². The Morgan fingerprint density at radius 3 is 2.63 bits per heavy atom. The Bertz CT molecular complexity index is 1140. The molecule has 1 aliphatic heterocycles. The van der Waals surface area contributed by atoms with Crippen molar-refractivity contribution in [2.24, 2.45) is 0 Å². The molecule has 2 aromatic carbocycles. The van der Waals surface area contributed by atoms with Gasteiger partial charge in [-0.15, -0.1) is 0 Å². The van der Waals surface area contributed by atoms with Gasteiger partial charge in [-0.25, -0.2) is 4.68 Å². The Morgan fingerprint density at radius 2 is 1.87 bits per heavy atom. The van der Waals surface area contributed by atoms with Gasteiger partial charge in [0.2, 0.25) is 0 Å². The molecule has 3 aromatic rings. The highest BCUT2D eigenvalue weighted by molar-refractivity contribution is 6.04. The van der Waals surface area contributed by atoms with Crippen LogP contribution >= 0.6 is 0 Å². The third-order valence-corrected chi connectivity index (χ3v) is 5.22. The van der Waals surface area contributed by atoms with Gasteiger partial charge in [0.25, 0.3) is 11.5 Å². The zero-order valence-electron chi connectivity index (χ0n) is 17.2. The number of benzene rings is 2. The van der Waals surface area contributed by atoms with Crippen molar-refractivity contribution in [3.8, 4) is 11.5 Å². The number of nitrogens with zero attached hydrogens (tertiary/aromatic N) is 2. The average molecular weight is 407 g/mol. The molecule has 1 N–H and O–H groups in total. The van der Waals surface area contributed by atoms with E-state index in [1.54, 1.807) is 24.3 Å². The molecule has 1 aliphatic rings. The Morgan fingerprint density at radius 1 is 1.13 bits per heavy atom. The Hall–Kier alpha value is -3.35. The number of nitrogens with one attached hydrogen (secondary N) is 1. The molecular formula is C23H25N3O4. The van der Waals surface area contributed by atoms with Gasteiger partial charge in [0.05, 0.1) is 11.4 Å². The number of ether oxygens (including phenoxy) is 2. The van der Waals surface area contributed by atoms with Crippen LogP contribution in [0.4, 0.5) is 0 Å². The summed E-state index contributed by atoms with van der Waals surface area (Å²) in [5, 5.41) is 8.46. The van der Waals surface area contributed by atoms with Crippen molar-refractivity contribution in [2.45, 2.75) is 39.3 Å². The lowest BCUT2D eigenvalue weighted by atomic mass is 10.1. The monoisotopic (exact) mass is 407 g/mol. The van der Waals surface area contributed by atoms with Crippen molar-refractivity contribution in [1.82, 2.24) is 15.1 Å². The van der Waals surface area contributed by atoms with Crippen molar-refractivity contribution in [3.05, 3.63) is 64.1 Å². The van der Waals surface area contributed by atoms with Crippen molar-refractivity contribution < 1.29 is 14.3 Å². The SMILES string of the molecule is CCCCn1nc(C(=O)N[C@@H](C)c2ccc3c(c2)OCCO3)c2ccccc2c1=O. The number of aromatic nitrogens is 2. The second-order valence-corrected chi connectivity index (χ2v) is 7.37. The van der Waals surface area contributed by atoms with E-state index >= 15 is 0 Å². The zero-order valence-corrected chi connectivity index (χ0v) is 17.2. The standard InChI is InChI=1S/C23H25N3O4/c1-3-4-11-26-23(28)18-8-6-5-7-17(18)21(25-26)22(27)24-15(2)16-9-10-19-20(14-16)30-13-12-29-19/h5-10,14-15H,3-4,11-13H2,1-2H3,(H,24,27)/t15-/m0/s1. The van der Waals surface area contributed by atoms with Crippen LogP contribution in [0, 0.1) is 0 Å². The number of carbonyl (C=O) groups is 1. The molecular weight excluding hydrogens is 382 g/mol. The van der Waals surface area contributed by atoms with Crippen molar-refractivity contribution in [1.29, 1.82) is 0 Å². The van der Waals surface area contributed by atoms with Crippen LogP contribution < -0.4 is 20.3 Å². The lowest BCUT2D eigenvalue weighted by molar-refractivity contribution is 0.0934. The smallest absolute Gasteiger partial charge is 0.274 e. The molecule has 2 heterocycles. The second-order valence-electron chi connectivity index (χ2n) is 7.37. The van der Waals surface area contributed by atoms with Gasteiger partial charge in [-0.3, -0.25) is 9.59 Å². The first-order chi connectivity index (χ1) is 14.6. The molecule has 0 aliphatic carbocycles. The van der Waals surface area contributed by atoms with E-state index in [4.69, 9.17) is 9.47 Å². The number of amides is 1. The molecule has 1 aromatic heterocycles. The molecule has 1 atom stereocenters. The Balaban J connectivity index is 1.64. The molecule has 156 valence electrons. The summed E-state index contributed by atoms with van der Waals surface area (Å²) < 4.78 is 12.6. The normalized spacial score (nSPS) is 13.8. The van der Waals surface area contributed by atoms with Gasteiger partial charge in [0.1, 0.15) is 13.2 Å². The largest absolute Gasteiger partial charge is 0.486 e. The molecule has 0 saturated heterocycles. The highest BCUT2D eigenvalue weighted by atomic mass is 16.6. The summed E-state index contributed by atoms with van der Waals surface area (Å²) >= 11 is 0. The summed E-state index contributed by atoms with van der Waals surface area (Å²) in [6, 6.07) is 12.5. The number of fused-ring (bicyclic) bond motifs is 2. The maximum atomic E-state index is 13.1. The average Bonchev–Trinajstić information content (AvgIpc) is 2.78. The van der Waals surface area contributed by atoms with Gasteiger partial charge in [0.15, 0.2) is 17.2 Å². The summed E-state index contributed by atoms with van der Waals surface area (Å²) in [6.45, 7) is 5.48. The van der Waals surface area contributed by atoms with Gasteiger partial charge in [-0.2, -0.15) is 5.10 Å². The molecule has 0 radical (unpaired) electrons. The van der Waals surface area contributed by atoms with Gasteiger partial charge in [-0.1, -0.05) is 37.6 Å². The van der Waals surface area contributed by atoms with Crippen molar-refractivity contribution in [3.63, 3.8) is 0 Å². The minimum Gasteiger partial charge on any atom is -0.486 e. The first-order valence-electron chi connectivity index (χ1n) is 10.3. The van der Waals surface area contributed by atoms with E-state index in [0.29, 0.717) is 42.0 Å². The lowest BCUT2D eigenvalue weighted by Crippen LogP contribution is -2.32. The van der Waals surface area contributed by atoms with Crippen molar-refractivity contribution in [2.75, 3.05) is 13.2 Å². The molecule has 0 spiro atoms. The molecule has 0 fully saturated rings. The van der Waals surface area contributed by atoms with Crippen LogP contribution in [-0.4, -0.2) is 28.9 Å². The van der Waals surface area contributed by atoms with Crippen LogP contribution in [0.3, 0.4) is 0 Å². The molecule has 0 saturated carbocycles. The summed E-state index contributed by atoms with van der Waals surface area (Å²) in [5.74, 6) is 1.06. The third-order valence-electron chi connectivity index (χ3n) is 5.22. The predicted molar refractivity (Wildman–Crippen MR) is 114 cm³/mol. The molecule has 30 heavy (non-hydrogen) atoms. The van der Waals surface area contributed by atoms with Crippen LogP contribution in [0.5, 0.6) is 11.5 Å². The van der Waals surface area contributed by atoms with E-state index in [0.717, 1.165) is 18.4 Å². The Labute approximate surface area is 174 Å². The molecule has 7 heteroatoms. The number of unbranched alkanes of at least 4 members (excludes halogenated alkanes) is 1. The topological polar surface area (TPSA) is 82.5 Å². The summed E-state index contributed by atoms with van der Waals surface area (Å²) in [6.07, 6.45) is 1.75. The first-order valence-corrected chi connectivity index (χ1v) is 10.3. The molecule has 0 unspecified atom stereocenters. The zero-order chi connectivity index (χ0) is 21.1. The van der Waals surface area contributed by atoms with E-state index in [2.05, 4.69) is 17.3 Å². The van der Waals surface area contributed by atoms with E-state index in [1.807, 2.05) is 25.1 Å². The van der Waals surface area contributed by atoms with E-state index in [9.17, 15) is 9.59 Å². The number of hydrogen-bond donors (Lipinski definition) is 1. The fourth-order valence-electron chi connectivity index (χ4n) is 3.54. The maximum Gasteiger partial charge on any atom is 0.274 e. The highest BCUT2D eigenvalue weighted by Gasteiger charge is 2.20. The maximum absolute atomic E-state index is 13.1. The number of rotatable bonds is 6. The first kappa shape index (κ1) is 19.9. The molecule has 0 bridgehead atoms. The van der Waals surface area contributed by atoms with Crippen LogP contribution in [0.1, 0.15) is 48.8 Å². The van der Waals surface area contributed by atoms with Gasteiger partial charge in [-0.05, 0) is 37.1 Å². The van der Waals surface area contributed by atoms with Crippen LogP contribution in [0.2, 0.25) is 0 Å². The van der Waals surface area contributed by atoms with E-state index in [1.165, 1.54) is 4.68 Å². The molecule has 1 amide bonds. The predicted octanol–water partition coefficient (Wildman–Crippen LogP) is 3.46. The summed E-state index contributed by atoms with van der Waals surface area (Å²) in [7, 11) is 0. The number of hydrogen-bond acceptors (Lipinski definition) is 5. The fourth-order valence-corrected chi connectivity index (χ4v) is 3.54. The second kappa shape index (κ2) is 8.57. The summed E-state index contributed by atoms with van der Waals surface area (Å²) in [4.78, 5) is 25.9. The van der Waals surface area contributed by atoms with Gasteiger partial charge < -0.3 is 14.8 Å². The highest BCUT2D eigenvalue weighted by Crippen LogP contribution is 2.32. The number of aryl methyl sites for hydroxylation is 1. The van der Waals surface area contributed by atoms with Crippen LogP contribution in [-0.2, 0) is 6.54 Å². The quantitative estimate of drug-likeness (QED) is 0.677. The minimum atomic E-state index is -0.321.